The summed E-state index contributed by atoms with van der Waals surface area (Å²) < 4.78 is 0. The molecule has 1 aromatic rings. The van der Waals surface area contributed by atoms with E-state index < -0.39 is 6.10 Å². The van der Waals surface area contributed by atoms with Gasteiger partial charge in [-0.15, -0.1) is 11.3 Å². The molecule has 3 atom stereocenters. The number of hydrogen-bond acceptors (Lipinski definition) is 4. The Hall–Kier alpha value is -0.450. The Kier molecular flexibility index (Phi) is 5.11. The maximum atomic E-state index is 11.0. The maximum absolute atomic E-state index is 11.0. The molecule has 3 nitrogen and oxygen atoms in total. The summed E-state index contributed by atoms with van der Waals surface area (Å²) in [5, 5.41) is 14.1. The lowest BCUT2D eigenvalue weighted by Gasteiger charge is -2.43. The van der Waals surface area contributed by atoms with E-state index in [0.29, 0.717) is 12.5 Å². The lowest BCUT2D eigenvalue weighted by molar-refractivity contribution is -0.0185. The van der Waals surface area contributed by atoms with Crippen molar-refractivity contribution in [2.75, 3.05) is 6.54 Å². The predicted octanol–water partition coefficient (Wildman–Crippen LogP) is 4.02. The molecular weight excluding hydrogens is 280 g/mol. The van der Waals surface area contributed by atoms with Crippen molar-refractivity contribution in [3.05, 3.63) is 16.1 Å². The molecule has 0 radical (unpaired) electrons. The summed E-state index contributed by atoms with van der Waals surface area (Å²) in [5.41, 5.74) is 6.79. The van der Waals surface area contributed by atoms with Crippen molar-refractivity contribution in [3.8, 4) is 0 Å². The monoisotopic (exact) mass is 310 g/mol. The summed E-state index contributed by atoms with van der Waals surface area (Å²) in [6.45, 7) is 9.27. The third-order valence-electron chi connectivity index (χ3n) is 4.99. The molecule has 1 aliphatic rings. The summed E-state index contributed by atoms with van der Waals surface area (Å²) in [6.07, 6.45) is 5.15. The third kappa shape index (κ3) is 3.49. The highest BCUT2D eigenvalue weighted by Crippen LogP contribution is 2.48. The van der Waals surface area contributed by atoms with Crippen molar-refractivity contribution in [1.29, 1.82) is 0 Å². The first-order valence-corrected chi connectivity index (χ1v) is 9.04. The molecule has 2 rings (SSSR count). The van der Waals surface area contributed by atoms with Crippen molar-refractivity contribution >= 4 is 11.3 Å². The largest absolute Gasteiger partial charge is 0.386 e. The van der Waals surface area contributed by atoms with Gasteiger partial charge in [0.25, 0.3) is 0 Å². The van der Waals surface area contributed by atoms with Gasteiger partial charge in [-0.3, -0.25) is 0 Å². The van der Waals surface area contributed by atoms with Gasteiger partial charge in [-0.2, -0.15) is 0 Å². The van der Waals surface area contributed by atoms with Crippen molar-refractivity contribution in [1.82, 2.24) is 4.98 Å². The van der Waals surface area contributed by atoms with E-state index in [1.807, 2.05) is 5.38 Å². The second-order valence-electron chi connectivity index (χ2n) is 7.67. The lowest BCUT2D eigenvalue weighted by Crippen LogP contribution is -2.41. The Balaban J connectivity index is 2.23. The Morgan fingerprint density at radius 3 is 2.76 bits per heavy atom. The van der Waals surface area contributed by atoms with Gasteiger partial charge in [-0.25, -0.2) is 4.98 Å². The highest BCUT2D eigenvalue weighted by atomic mass is 32.1. The van der Waals surface area contributed by atoms with Crippen LogP contribution in [0.4, 0.5) is 0 Å². The van der Waals surface area contributed by atoms with Crippen LogP contribution in [0.15, 0.2) is 5.38 Å². The molecule has 3 unspecified atom stereocenters. The van der Waals surface area contributed by atoms with Crippen LogP contribution in [0.1, 0.15) is 76.6 Å². The topological polar surface area (TPSA) is 59.1 Å². The summed E-state index contributed by atoms with van der Waals surface area (Å²) in [6, 6.07) is 0. The van der Waals surface area contributed by atoms with Gasteiger partial charge in [0.05, 0.1) is 10.7 Å². The fraction of sp³-hybridized carbons (Fsp3) is 0.824. The van der Waals surface area contributed by atoms with E-state index in [2.05, 4.69) is 27.7 Å². The van der Waals surface area contributed by atoms with Gasteiger partial charge >= 0.3 is 0 Å². The minimum Gasteiger partial charge on any atom is -0.386 e. The van der Waals surface area contributed by atoms with Crippen molar-refractivity contribution in [2.45, 2.75) is 71.3 Å². The number of nitrogens with two attached hydrogens (primary N) is 1. The SMILES string of the molecule is CCC1CCCC(CN)(C(O)c2csc(C(C)(C)C)n2)C1. The Morgan fingerprint density at radius 2 is 2.24 bits per heavy atom. The van der Waals surface area contributed by atoms with Crippen LogP contribution in [0, 0.1) is 11.3 Å². The molecule has 21 heavy (non-hydrogen) atoms. The zero-order chi connectivity index (χ0) is 15.7. The average molecular weight is 311 g/mol. The molecule has 0 saturated heterocycles. The summed E-state index contributed by atoms with van der Waals surface area (Å²) >= 11 is 1.65. The molecule has 120 valence electrons. The second-order valence-corrected chi connectivity index (χ2v) is 8.53. The highest BCUT2D eigenvalue weighted by Gasteiger charge is 2.42. The molecule has 1 fully saturated rings. The minimum absolute atomic E-state index is 0.0387. The zero-order valence-electron chi connectivity index (χ0n) is 13.9. The van der Waals surface area contributed by atoms with E-state index in [9.17, 15) is 5.11 Å². The van der Waals surface area contributed by atoms with Gasteiger partial charge in [0.2, 0.25) is 0 Å². The third-order valence-corrected chi connectivity index (χ3v) is 6.28. The number of hydrogen-bond donors (Lipinski definition) is 2. The molecule has 0 aromatic carbocycles. The van der Waals surface area contributed by atoms with Gasteiger partial charge in [-0.1, -0.05) is 47.0 Å². The van der Waals surface area contributed by atoms with Crippen LogP contribution in [0.3, 0.4) is 0 Å². The molecule has 4 heteroatoms. The van der Waals surface area contributed by atoms with Gasteiger partial charge in [0.1, 0.15) is 6.10 Å². The van der Waals surface area contributed by atoms with Crippen molar-refractivity contribution < 1.29 is 5.11 Å². The Morgan fingerprint density at radius 1 is 1.52 bits per heavy atom. The first-order valence-electron chi connectivity index (χ1n) is 8.16. The Bertz CT molecular complexity index is 466. The number of aliphatic hydroxyl groups is 1. The second kappa shape index (κ2) is 6.35. The maximum Gasteiger partial charge on any atom is 0.104 e. The summed E-state index contributed by atoms with van der Waals surface area (Å²) in [5.74, 6) is 0.692. The van der Waals surface area contributed by atoms with E-state index in [1.165, 1.54) is 19.3 Å². The normalized spacial score (nSPS) is 28.6. The van der Waals surface area contributed by atoms with Crippen LogP contribution in [-0.2, 0) is 5.41 Å². The van der Waals surface area contributed by atoms with Crippen LogP contribution in [0.5, 0.6) is 0 Å². The standard InChI is InChI=1S/C17H30N2OS/c1-5-12-7-6-8-17(9-12,11-18)14(20)13-10-21-15(19-13)16(2,3)4/h10,12,14,20H,5-9,11,18H2,1-4H3. The van der Waals surface area contributed by atoms with Crippen LogP contribution in [-0.4, -0.2) is 16.6 Å². The first-order chi connectivity index (χ1) is 9.82. The van der Waals surface area contributed by atoms with Crippen LogP contribution in [0.2, 0.25) is 0 Å². The van der Waals surface area contributed by atoms with E-state index in [-0.39, 0.29) is 10.8 Å². The summed E-state index contributed by atoms with van der Waals surface area (Å²) in [4.78, 5) is 4.71. The number of aromatic nitrogens is 1. The number of rotatable bonds is 4. The lowest BCUT2D eigenvalue weighted by atomic mass is 9.65. The first kappa shape index (κ1) is 16.9. The van der Waals surface area contributed by atoms with E-state index in [4.69, 9.17) is 10.7 Å². The van der Waals surface area contributed by atoms with E-state index >= 15 is 0 Å². The van der Waals surface area contributed by atoms with E-state index in [1.54, 1.807) is 11.3 Å². The number of thiazole rings is 1. The quantitative estimate of drug-likeness (QED) is 0.883. The fourth-order valence-electron chi connectivity index (χ4n) is 3.49. The molecule has 0 bridgehead atoms. The molecule has 1 aromatic heterocycles. The predicted molar refractivity (Wildman–Crippen MR) is 89.5 cm³/mol. The van der Waals surface area contributed by atoms with Crippen molar-refractivity contribution in [2.24, 2.45) is 17.1 Å². The molecule has 1 aliphatic carbocycles. The van der Waals surface area contributed by atoms with Gasteiger partial charge in [-0.05, 0) is 18.8 Å². The van der Waals surface area contributed by atoms with Gasteiger partial charge in [0, 0.05) is 22.8 Å². The van der Waals surface area contributed by atoms with Crippen LogP contribution < -0.4 is 5.73 Å². The molecule has 3 N–H and O–H groups in total. The summed E-state index contributed by atoms with van der Waals surface area (Å²) in [7, 11) is 0. The zero-order valence-corrected chi connectivity index (χ0v) is 14.7. The molecular formula is C17H30N2OS. The molecule has 0 spiro atoms. The minimum atomic E-state index is -0.524. The average Bonchev–Trinajstić information content (AvgIpc) is 2.96. The molecule has 0 amide bonds. The van der Waals surface area contributed by atoms with E-state index in [0.717, 1.165) is 23.5 Å². The van der Waals surface area contributed by atoms with Crippen LogP contribution in [0.25, 0.3) is 0 Å². The number of aliphatic hydroxyl groups excluding tert-OH is 1. The Labute approximate surface area is 133 Å². The highest BCUT2D eigenvalue weighted by molar-refractivity contribution is 7.09. The molecule has 0 aliphatic heterocycles. The van der Waals surface area contributed by atoms with Crippen LogP contribution >= 0.6 is 11.3 Å². The molecule has 1 heterocycles. The van der Waals surface area contributed by atoms with Gasteiger partial charge in [0.15, 0.2) is 0 Å². The molecule has 1 saturated carbocycles. The smallest absolute Gasteiger partial charge is 0.104 e. The van der Waals surface area contributed by atoms with Crippen molar-refractivity contribution in [3.63, 3.8) is 0 Å². The fourth-order valence-corrected chi connectivity index (χ4v) is 4.41. The number of nitrogens with zero attached hydrogens (tertiary/aromatic N) is 1. The van der Waals surface area contributed by atoms with Gasteiger partial charge < -0.3 is 10.8 Å².